The van der Waals surface area contributed by atoms with E-state index >= 15 is 0 Å². The summed E-state index contributed by atoms with van der Waals surface area (Å²) in [6.45, 7) is 5.31. The monoisotopic (exact) mass is 233 g/mol. The van der Waals surface area contributed by atoms with Gasteiger partial charge in [0.25, 0.3) is 0 Å². The standard InChI is InChI=1S/C12H19N5/c1-11(2-5-13)16-7-3-12(4-8-16)10-17-9-6-14-15-17/h6,9,11-12H,2-4,7-8,10H2,1H3. The number of hydrogen-bond acceptors (Lipinski definition) is 4. The topological polar surface area (TPSA) is 57.7 Å². The van der Waals surface area contributed by atoms with Gasteiger partial charge in [0, 0.05) is 18.8 Å². The number of hydrogen-bond donors (Lipinski definition) is 0. The van der Waals surface area contributed by atoms with Crippen molar-refractivity contribution in [2.75, 3.05) is 13.1 Å². The highest BCUT2D eigenvalue weighted by Crippen LogP contribution is 2.20. The molecule has 1 atom stereocenters. The highest BCUT2D eigenvalue weighted by Gasteiger charge is 2.22. The molecule has 1 aromatic rings. The predicted octanol–water partition coefficient (Wildman–Crippen LogP) is 1.29. The highest BCUT2D eigenvalue weighted by atomic mass is 15.4. The van der Waals surface area contributed by atoms with E-state index in [0.717, 1.165) is 19.6 Å². The molecule has 17 heavy (non-hydrogen) atoms. The van der Waals surface area contributed by atoms with Crippen LogP contribution in [0.2, 0.25) is 0 Å². The van der Waals surface area contributed by atoms with E-state index in [4.69, 9.17) is 5.26 Å². The van der Waals surface area contributed by atoms with Crippen LogP contribution in [0.1, 0.15) is 26.2 Å². The van der Waals surface area contributed by atoms with Crippen molar-refractivity contribution in [3.8, 4) is 6.07 Å². The number of rotatable bonds is 4. The molecule has 1 aromatic heterocycles. The van der Waals surface area contributed by atoms with Crippen molar-refractivity contribution in [3.63, 3.8) is 0 Å². The number of likely N-dealkylation sites (tertiary alicyclic amines) is 1. The Morgan fingerprint density at radius 3 is 2.82 bits per heavy atom. The lowest BCUT2D eigenvalue weighted by molar-refractivity contribution is 0.133. The van der Waals surface area contributed by atoms with Crippen molar-refractivity contribution in [1.29, 1.82) is 5.26 Å². The van der Waals surface area contributed by atoms with Crippen LogP contribution in [0.5, 0.6) is 0 Å². The summed E-state index contributed by atoms with van der Waals surface area (Å²) in [7, 11) is 0. The third-order valence-electron chi connectivity index (χ3n) is 3.58. The van der Waals surface area contributed by atoms with Crippen molar-refractivity contribution in [3.05, 3.63) is 12.4 Å². The highest BCUT2D eigenvalue weighted by molar-refractivity contribution is 4.83. The molecular formula is C12H19N5. The summed E-state index contributed by atoms with van der Waals surface area (Å²) in [6.07, 6.45) is 6.66. The Hall–Kier alpha value is -1.41. The Labute approximate surface area is 102 Å². The van der Waals surface area contributed by atoms with E-state index in [9.17, 15) is 0 Å². The van der Waals surface area contributed by atoms with E-state index < -0.39 is 0 Å². The normalized spacial score (nSPS) is 20.0. The van der Waals surface area contributed by atoms with Crippen LogP contribution in [-0.4, -0.2) is 39.0 Å². The van der Waals surface area contributed by atoms with Crippen LogP contribution in [0.25, 0.3) is 0 Å². The van der Waals surface area contributed by atoms with Crippen LogP contribution in [0.15, 0.2) is 12.4 Å². The zero-order chi connectivity index (χ0) is 12.1. The first-order chi connectivity index (χ1) is 8.29. The molecule has 1 unspecified atom stereocenters. The first-order valence-corrected chi connectivity index (χ1v) is 6.24. The molecule has 0 bridgehead atoms. The molecule has 5 heteroatoms. The number of aromatic nitrogens is 3. The van der Waals surface area contributed by atoms with Crippen LogP contribution in [0, 0.1) is 17.2 Å². The molecular weight excluding hydrogens is 214 g/mol. The largest absolute Gasteiger partial charge is 0.300 e. The molecule has 1 aliphatic heterocycles. The molecule has 0 radical (unpaired) electrons. The second kappa shape index (κ2) is 5.78. The molecule has 2 heterocycles. The lowest BCUT2D eigenvalue weighted by Crippen LogP contribution is -2.40. The molecule has 0 N–H and O–H groups in total. The predicted molar refractivity (Wildman–Crippen MR) is 64.0 cm³/mol. The molecule has 1 aliphatic rings. The van der Waals surface area contributed by atoms with Gasteiger partial charge in [-0.05, 0) is 38.8 Å². The second-order valence-corrected chi connectivity index (χ2v) is 4.82. The van der Waals surface area contributed by atoms with Gasteiger partial charge in [-0.2, -0.15) is 5.26 Å². The summed E-state index contributed by atoms with van der Waals surface area (Å²) in [5, 5.41) is 16.5. The summed E-state index contributed by atoms with van der Waals surface area (Å²) in [5.41, 5.74) is 0. The van der Waals surface area contributed by atoms with E-state index in [1.54, 1.807) is 6.20 Å². The molecule has 2 rings (SSSR count). The van der Waals surface area contributed by atoms with Crippen LogP contribution < -0.4 is 0 Å². The summed E-state index contributed by atoms with van der Waals surface area (Å²) in [6, 6.07) is 2.64. The Balaban J connectivity index is 1.76. The van der Waals surface area contributed by atoms with Gasteiger partial charge in [0.05, 0.1) is 18.7 Å². The van der Waals surface area contributed by atoms with Crippen molar-refractivity contribution >= 4 is 0 Å². The fourth-order valence-corrected chi connectivity index (χ4v) is 2.43. The van der Waals surface area contributed by atoms with Gasteiger partial charge >= 0.3 is 0 Å². The van der Waals surface area contributed by atoms with Crippen LogP contribution in [0.3, 0.4) is 0 Å². The number of nitrogens with zero attached hydrogens (tertiary/aromatic N) is 5. The van der Waals surface area contributed by atoms with E-state index in [1.165, 1.54) is 12.8 Å². The molecule has 5 nitrogen and oxygen atoms in total. The van der Waals surface area contributed by atoms with Gasteiger partial charge in [-0.1, -0.05) is 5.21 Å². The third-order valence-corrected chi connectivity index (χ3v) is 3.58. The minimum absolute atomic E-state index is 0.396. The molecule has 0 aliphatic carbocycles. The number of nitriles is 1. The van der Waals surface area contributed by atoms with E-state index in [2.05, 4.69) is 28.2 Å². The molecule has 1 saturated heterocycles. The summed E-state index contributed by atoms with van der Waals surface area (Å²) in [4.78, 5) is 2.42. The fourth-order valence-electron chi connectivity index (χ4n) is 2.43. The maximum absolute atomic E-state index is 8.70. The third kappa shape index (κ3) is 3.27. The Bertz CT molecular complexity index is 359. The van der Waals surface area contributed by atoms with Crippen molar-refractivity contribution in [2.24, 2.45) is 5.92 Å². The lowest BCUT2D eigenvalue weighted by Gasteiger charge is -2.35. The van der Waals surface area contributed by atoms with Crippen LogP contribution in [0.4, 0.5) is 0 Å². The second-order valence-electron chi connectivity index (χ2n) is 4.82. The zero-order valence-corrected chi connectivity index (χ0v) is 10.3. The number of piperidine rings is 1. The van der Waals surface area contributed by atoms with Gasteiger partial charge in [0.15, 0.2) is 0 Å². The van der Waals surface area contributed by atoms with Crippen molar-refractivity contribution < 1.29 is 0 Å². The van der Waals surface area contributed by atoms with Gasteiger partial charge < -0.3 is 0 Å². The van der Waals surface area contributed by atoms with E-state index in [1.807, 2.05) is 10.9 Å². The molecule has 92 valence electrons. The van der Waals surface area contributed by atoms with Crippen LogP contribution >= 0.6 is 0 Å². The van der Waals surface area contributed by atoms with Gasteiger partial charge in [-0.15, -0.1) is 5.10 Å². The Kier molecular flexibility index (Phi) is 4.10. The minimum atomic E-state index is 0.396. The maximum atomic E-state index is 8.70. The molecule has 0 amide bonds. The fraction of sp³-hybridized carbons (Fsp3) is 0.750. The lowest BCUT2D eigenvalue weighted by atomic mass is 9.95. The SMILES string of the molecule is CC(CC#N)N1CCC(Cn2ccnn2)CC1. The molecule has 0 spiro atoms. The molecule has 1 fully saturated rings. The summed E-state index contributed by atoms with van der Waals surface area (Å²) < 4.78 is 1.92. The Morgan fingerprint density at radius 1 is 1.47 bits per heavy atom. The average Bonchev–Trinajstić information content (AvgIpc) is 2.83. The summed E-state index contributed by atoms with van der Waals surface area (Å²) >= 11 is 0. The van der Waals surface area contributed by atoms with Crippen LogP contribution in [-0.2, 0) is 6.54 Å². The first kappa shape index (κ1) is 12.1. The van der Waals surface area contributed by atoms with E-state index in [-0.39, 0.29) is 0 Å². The van der Waals surface area contributed by atoms with Gasteiger partial charge in [-0.25, -0.2) is 0 Å². The summed E-state index contributed by atoms with van der Waals surface area (Å²) in [5.74, 6) is 0.697. The smallest absolute Gasteiger partial charge is 0.0692 e. The quantitative estimate of drug-likeness (QED) is 0.786. The maximum Gasteiger partial charge on any atom is 0.0692 e. The first-order valence-electron chi connectivity index (χ1n) is 6.24. The zero-order valence-electron chi connectivity index (χ0n) is 10.3. The average molecular weight is 233 g/mol. The van der Waals surface area contributed by atoms with E-state index in [0.29, 0.717) is 18.4 Å². The van der Waals surface area contributed by atoms with Gasteiger partial charge in [0.1, 0.15) is 0 Å². The Morgan fingerprint density at radius 2 is 2.24 bits per heavy atom. The molecule has 0 aromatic carbocycles. The minimum Gasteiger partial charge on any atom is -0.300 e. The molecule has 0 saturated carbocycles. The van der Waals surface area contributed by atoms with Crippen molar-refractivity contribution in [1.82, 2.24) is 19.9 Å². The van der Waals surface area contributed by atoms with Gasteiger partial charge in [0.2, 0.25) is 0 Å². The van der Waals surface area contributed by atoms with Crippen molar-refractivity contribution in [2.45, 2.75) is 38.8 Å². The van der Waals surface area contributed by atoms with Gasteiger partial charge in [-0.3, -0.25) is 9.58 Å².